The largest absolute Gasteiger partial charge is 0.490 e. The third-order valence-electron chi connectivity index (χ3n) is 1.71. The Bertz CT molecular complexity index is 356. The molecule has 0 fully saturated rings. The van der Waals surface area contributed by atoms with Gasteiger partial charge in [0.1, 0.15) is 5.75 Å². The number of hydrogen-bond donors (Lipinski definition) is 0. The zero-order valence-electron chi connectivity index (χ0n) is 8.47. The second kappa shape index (κ2) is 4.65. The second-order valence-corrected chi connectivity index (χ2v) is 4.54. The Morgan fingerprint density at radius 1 is 1.43 bits per heavy atom. The van der Waals surface area contributed by atoms with Crippen LogP contribution in [0.5, 0.6) is 5.75 Å². The van der Waals surface area contributed by atoms with E-state index in [4.69, 9.17) is 10.00 Å². The van der Waals surface area contributed by atoms with Crippen LogP contribution in [0.1, 0.15) is 25.0 Å². The van der Waals surface area contributed by atoms with Gasteiger partial charge in [-0.1, -0.05) is 0 Å². The molecule has 0 atom stereocenters. The molecular formula is C11H12INO. The van der Waals surface area contributed by atoms with Gasteiger partial charge in [-0.15, -0.1) is 0 Å². The topological polar surface area (TPSA) is 33.0 Å². The minimum absolute atomic E-state index is 0.162. The summed E-state index contributed by atoms with van der Waals surface area (Å²) in [6.45, 7) is 5.95. The van der Waals surface area contributed by atoms with Gasteiger partial charge in [-0.25, -0.2) is 0 Å². The number of rotatable bonds is 2. The molecule has 0 saturated carbocycles. The van der Waals surface area contributed by atoms with Gasteiger partial charge >= 0.3 is 0 Å². The van der Waals surface area contributed by atoms with Crippen LogP contribution < -0.4 is 4.74 Å². The van der Waals surface area contributed by atoms with Gasteiger partial charge in [-0.3, -0.25) is 0 Å². The Morgan fingerprint density at radius 2 is 2.07 bits per heavy atom. The number of nitriles is 1. The van der Waals surface area contributed by atoms with E-state index < -0.39 is 0 Å². The SMILES string of the molecule is Cc1cc(C#N)cc(I)c1OC(C)C. The zero-order chi connectivity index (χ0) is 10.7. The number of hydrogen-bond acceptors (Lipinski definition) is 2. The highest BCUT2D eigenvalue weighted by Crippen LogP contribution is 2.27. The molecule has 1 aromatic carbocycles. The average Bonchev–Trinajstić information content (AvgIpc) is 2.10. The van der Waals surface area contributed by atoms with Crippen molar-refractivity contribution in [1.82, 2.24) is 0 Å². The van der Waals surface area contributed by atoms with Crippen LogP contribution in [-0.2, 0) is 0 Å². The van der Waals surface area contributed by atoms with E-state index in [0.29, 0.717) is 5.56 Å². The number of nitrogens with zero attached hydrogens (tertiary/aromatic N) is 1. The van der Waals surface area contributed by atoms with E-state index in [1.165, 1.54) is 0 Å². The van der Waals surface area contributed by atoms with Crippen molar-refractivity contribution in [2.75, 3.05) is 0 Å². The minimum atomic E-state index is 0.162. The highest BCUT2D eigenvalue weighted by atomic mass is 127. The van der Waals surface area contributed by atoms with Crippen LogP contribution in [0.4, 0.5) is 0 Å². The third kappa shape index (κ3) is 2.61. The summed E-state index contributed by atoms with van der Waals surface area (Å²) >= 11 is 2.19. The van der Waals surface area contributed by atoms with Gasteiger partial charge < -0.3 is 4.74 Å². The number of ether oxygens (including phenoxy) is 1. The van der Waals surface area contributed by atoms with E-state index in [2.05, 4.69) is 28.7 Å². The van der Waals surface area contributed by atoms with E-state index in [0.717, 1.165) is 14.9 Å². The van der Waals surface area contributed by atoms with Crippen LogP contribution in [0.25, 0.3) is 0 Å². The molecular weight excluding hydrogens is 289 g/mol. The molecule has 0 radical (unpaired) electrons. The van der Waals surface area contributed by atoms with Gasteiger partial charge in [0.25, 0.3) is 0 Å². The van der Waals surface area contributed by atoms with E-state index >= 15 is 0 Å². The molecule has 0 saturated heterocycles. The highest BCUT2D eigenvalue weighted by molar-refractivity contribution is 14.1. The summed E-state index contributed by atoms with van der Waals surface area (Å²) in [4.78, 5) is 0. The van der Waals surface area contributed by atoms with Gasteiger partial charge in [0.2, 0.25) is 0 Å². The molecule has 0 aliphatic carbocycles. The first-order chi connectivity index (χ1) is 6.54. The van der Waals surface area contributed by atoms with Crippen molar-refractivity contribution in [1.29, 1.82) is 5.26 Å². The molecule has 3 heteroatoms. The smallest absolute Gasteiger partial charge is 0.135 e. The molecule has 2 nitrogen and oxygen atoms in total. The summed E-state index contributed by atoms with van der Waals surface area (Å²) < 4.78 is 6.65. The van der Waals surface area contributed by atoms with Crippen molar-refractivity contribution in [2.24, 2.45) is 0 Å². The highest BCUT2D eigenvalue weighted by Gasteiger charge is 2.08. The molecule has 0 heterocycles. The van der Waals surface area contributed by atoms with Gasteiger partial charge in [0.05, 0.1) is 21.3 Å². The van der Waals surface area contributed by atoms with E-state index in [-0.39, 0.29) is 6.10 Å². The molecule has 0 unspecified atom stereocenters. The van der Waals surface area contributed by atoms with Gasteiger partial charge in [0.15, 0.2) is 0 Å². The molecule has 1 aromatic rings. The Morgan fingerprint density at radius 3 is 2.50 bits per heavy atom. The van der Waals surface area contributed by atoms with Crippen molar-refractivity contribution in [3.8, 4) is 11.8 Å². The van der Waals surface area contributed by atoms with Crippen molar-refractivity contribution in [3.63, 3.8) is 0 Å². The lowest BCUT2D eigenvalue weighted by atomic mass is 10.1. The molecule has 0 aromatic heterocycles. The fourth-order valence-electron chi connectivity index (χ4n) is 1.18. The first-order valence-electron chi connectivity index (χ1n) is 4.41. The normalized spacial score (nSPS) is 10.0. The third-order valence-corrected chi connectivity index (χ3v) is 2.51. The van der Waals surface area contributed by atoms with Crippen LogP contribution in [0, 0.1) is 21.8 Å². The zero-order valence-corrected chi connectivity index (χ0v) is 10.6. The van der Waals surface area contributed by atoms with Crippen molar-refractivity contribution >= 4 is 22.6 Å². The Balaban J connectivity index is 3.13. The molecule has 74 valence electrons. The lowest BCUT2D eigenvalue weighted by molar-refractivity contribution is 0.239. The quantitative estimate of drug-likeness (QED) is 0.786. The maximum atomic E-state index is 8.77. The number of benzene rings is 1. The van der Waals surface area contributed by atoms with Crippen molar-refractivity contribution in [2.45, 2.75) is 26.9 Å². The molecule has 0 N–H and O–H groups in total. The van der Waals surface area contributed by atoms with Crippen LogP contribution in [-0.4, -0.2) is 6.10 Å². The standard InChI is InChI=1S/C11H12INO/c1-7(2)14-11-8(3)4-9(6-13)5-10(11)12/h4-5,7H,1-3H3. The van der Waals surface area contributed by atoms with E-state index in [1.807, 2.05) is 32.9 Å². The maximum absolute atomic E-state index is 8.77. The number of halogens is 1. The second-order valence-electron chi connectivity index (χ2n) is 3.38. The predicted octanol–water partition coefficient (Wildman–Crippen LogP) is 3.26. The van der Waals surface area contributed by atoms with Crippen molar-refractivity contribution in [3.05, 3.63) is 26.8 Å². The molecule has 0 aliphatic rings. The molecule has 0 spiro atoms. The fraction of sp³-hybridized carbons (Fsp3) is 0.364. The Kier molecular flexibility index (Phi) is 3.76. The first-order valence-corrected chi connectivity index (χ1v) is 5.49. The summed E-state index contributed by atoms with van der Waals surface area (Å²) in [6, 6.07) is 5.81. The Hall–Kier alpha value is -0.760. The average molecular weight is 301 g/mol. The summed E-state index contributed by atoms with van der Waals surface area (Å²) in [7, 11) is 0. The van der Waals surface area contributed by atoms with Crippen LogP contribution in [0.3, 0.4) is 0 Å². The molecule has 0 aliphatic heterocycles. The minimum Gasteiger partial charge on any atom is -0.490 e. The Labute approximate surface area is 98.0 Å². The first kappa shape index (κ1) is 11.3. The maximum Gasteiger partial charge on any atom is 0.135 e. The van der Waals surface area contributed by atoms with E-state index in [1.54, 1.807) is 0 Å². The van der Waals surface area contributed by atoms with Gasteiger partial charge in [0, 0.05) is 0 Å². The van der Waals surface area contributed by atoms with E-state index in [9.17, 15) is 0 Å². The monoisotopic (exact) mass is 301 g/mol. The van der Waals surface area contributed by atoms with Gasteiger partial charge in [-0.2, -0.15) is 5.26 Å². The summed E-state index contributed by atoms with van der Waals surface area (Å²) in [5.74, 6) is 0.889. The molecule has 0 amide bonds. The summed E-state index contributed by atoms with van der Waals surface area (Å²) in [6.07, 6.45) is 0.162. The van der Waals surface area contributed by atoms with Crippen LogP contribution in [0.15, 0.2) is 12.1 Å². The number of aryl methyl sites for hydroxylation is 1. The van der Waals surface area contributed by atoms with Crippen LogP contribution >= 0.6 is 22.6 Å². The van der Waals surface area contributed by atoms with Gasteiger partial charge in [-0.05, 0) is 61.1 Å². The molecule has 14 heavy (non-hydrogen) atoms. The van der Waals surface area contributed by atoms with Crippen LogP contribution in [0.2, 0.25) is 0 Å². The summed E-state index contributed by atoms with van der Waals surface area (Å²) in [5.41, 5.74) is 1.70. The van der Waals surface area contributed by atoms with Crippen molar-refractivity contribution < 1.29 is 4.74 Å². The predicted molar refractivity (Wildman–Crippen MR) is 64.4 cm³/mol. The molecule has 0 bridgehead atoms. The molecule has 1 rings (SSSR count). The lowest BCUT2D eigenvalue weighted by Gasteiger charge is -2.14. The summed E-state index contributed by atoms with van der Waals surface area (Å²) in [5, 5.41) is 8.77. The fourth-order valence-corrected chi connectivity index (χ4v) is 2.07. The lowest BCUT2D eigenvalue weighted by Crippen LogP contribution is -2.08.